The zero-order valence-corrected chi connectivity index (χ0v) is 12.6. The number of aryl methyl sites for hydroxylation is 2. The van der Waals surface area contributed by atoms with Gasteiger partial charge in [-0.1, -0.05) is 0 Å². The molecule has 2 heterocycles. The summed E-state index contributed by atoms with van der Waals surface area (Å²) in [5.74, 6) is 0.153. The third-order valence-corrected chi connectivity index (χ3v) is 4.74. The zero-order chi connectivity index (χ0) is 14.4. The number of phenols is 1. The Bertz CT molecular complexity index is 917. The van der Waals surface area contributed by atoms with Crippen LogP contribution in [0.25, 0.3) is 15.9 Å². The molecule has 0 saturated heterocycles. The maximum Gasteiger partial charge on any atom is 0.267 e. The van der Waals surface area contributed by atoms with Crippen LogP contribution in [0.3, 0.4) is 0 Å². The van der Waals surface area contributed by atoms with Gasteiger partial charge in [-0.2, -0.15) is 0 Å². The molecular formula is C14H12N2O2S2. The highest BCUT2D eigenvalue weighted by molar-refractivity contribution is 7.71. The van der Waals surface area contributed by atoms with Gasteiger partial charge in [-0.05, 0) is 55.9 Å². The average molecular weight is 304 g/mol. The molecule has 0 atom stereocenters. The van der Waals surface area contributed by atoms with Crippen LogP contribution in [0.4, 0.5) is 0 Å². The fourth-order valence-corrected chi connectivity index (χ4v) is 3.57. The van der Waals surface area contributed by atoms with Gasteiger partial charge in [0.15, 0.2) is 4.77 Å². The van der Waals surface area contributed by atoms with E-state index in [9.17, 15) is 9.90 Å². The van der Waals surface area contributed by atoms with Gasteiger partial charge in [0.05, 0.1) is 11.1 Å². The van der Waals surface area contributed by atoms with Crippen LogP contribution in [0.5, 0.6) is 5.75 Å². The summed E-state index contributed by atoms with van der Waals surface area (Å²) in [6, 6.07) is 6.40. The van der Waals surface area contributed by atoms with Gasteiger partial charge in [0.25, 0.3) is 5.56 Å². The van der Waals surface area contributed by atoms with E-state index in [1.54, 1.807) is 12.1 Å². The lowest BCUT2D eigenvalue weighted by Crippen LogP contribution is -2.20. The molecule has 102 valence electrons. The standard InChI is InChI=1S/C14H12N2O2S2/c1-7-8(2)20-12-11(7)13(18)16(14(19)15-12)9-3-5-10(17)6-4-9/h3-6,17H,1-2H3,(H,15,19). The smallest absolute Gasteiger partial charge is 0.267 e. The van der Waals surface area contributed by atoms with Gasteiger partial charge in [-0.3, -0.25) is 9.36 Å². The van der Waals surface area contributed by atoms with Gasteiger partial charge >= 0.3 is 0 Å². The summed E-state index contributed by atoms with van der Waals surface area (Å²) in [5.41, 5.74) is 1.49. The Labute approximate surface area is 124 Å². The lowest BCUT2D eigenvalue weighted by Gasteiger charge is -2.06. The molecule has 0 radical (unpaired) electrons. The number of nitrogens with zero attached hydrogens (tertiary/aromatic N) is 1. The van der Waals surface area contributed by atoms with Crippen molar-refractivity contribution in [2.75, 3.05) is 0 Å². The summed E-state index contributed by atoms with van der Waals surface area (Å²) in [7, 11) is 0. The van der Waals surface area contributed by atoms with E-state index in [-0.39, 0.29) is 11.3 Å². The predicted octanol–water partition coefficient (Wildman–Crippen LogP) is 3.43. The molecule has 20 heavy (non-hydrogen) atoms. The van der Waals surface area contributed by atoms with Crippen molar-refractivity contribution in [3.63, 3.8) is 0 Å². The summed E-state index contributed by atoms with van der Waals surface area (Å²) in [5, 5.41) is 10.0. The van der Waals surface area contributed by atoms with E-state index in [0.717, 1.165) is 15.3 Å². The molecular weight excluding hydrogens is 292 g/mol. The lowest BCUT2D eigenvalue weighted by molar-refractivity contribution is 0.475. The van der Waals surface area contributed by atoms with Crippen LogP contribution in [-0.4, -0.2) is 14.7 Å². The number of hydrogen-bond acceptors (Lipinski definition) is 4. The second-order valence-corrected chi connectivity index (χ2v) is 6.19. The summed E-state index contributed by atoms with van der Waals surface area (Å²) in [6.45, 7) is 3.93. The third-order valence-electron chi connectivity index (χ3n) is 3.33. The Kier molecular flexibility index (Phi) is 2.99. The SMILES string of the molecule is Cc1sc2[nH]c(=S)n(-c3ccc(O)cc3)c(=O)c2c1C. The quantitative estimate of drug-likeness (QED) is 0.677. The van der Waals surface area contributed by atoms with Crippen LogP contribution >= 0.6 is 23.6 Å². The second-order valence-electron chi connectivity index (χ2n) is 4.57. The molecule has 0 unspecified atom stereocenters. The van der Waals surface area contributed by atoms with Gasteiger partial charge in [-0.25, -0.2) is 0 Å². The first-order valence-electron chi connectivity index (χ1n) is 6.03. The highest BCUT2D eigenvalue weighted by atomic mass is 32.1. The average Bonchev–Trinajstić information content (AvgIpc) is 2.67. The molecule has 0 fully saturated rings. The zero-order valence-electron chi connectivity index (χ0n) is 10.9. The Hall–Kier alpha value is -1.92. The van der Waals surface area contributed by atoms with Crippen LogP contribution in [0, 0.1) is 18.6 Å². The number of fused-ring (bicyclic) bond motifs is 1. The van der Waals surface area contributed by atoms with Crippen molar-refractivity contribution < 1.29 is 5.11 Å². The van der Waals surface area contributed by atoms with E-state index >= 15 is 0 Å². The monoisotopic (exact) mass is 304 g/mol. The van der Waals surface area contributed by atoms with Crippen LogP contribution < -0.4 is 5.56 Å². The molecule has 3 rings (SSSR count). The van der Waals surface area contributed by atoms with E-state index in [1.807, 2.05) is 13.8 Å². The van der Waals surface area contributed by atoms with Gasteiger partial charge in [-0.15, -0.1) is 11.3 Å². The molecule has 0 spiro atoms. The van der Waals surface area contributed by atoms with Gasteiger partial charge < -0.3 is 10.1 Å². The molecule has 0 amide bonds. The summed E-state index contributed by atoms with van der Waals surface area (Å²) in [6.07, 6.45) is 0. The number of H-pyrrole nitrogens is 1. The first-order chi connectivity index (χ1) is 9.49. The van der Waals surface area contributed by atoms with Crippen LogP contribution in [0.1, 0.15) is 10.4 Å². The molecule has 0 aliphatic heterocycles. The lowest BCUT2D eigenvalue weighted by atomic mass is 10.2. The number of benzene rings is 1. The number of thiophene rings is 1. The highest BCUT2D eigenvalue weighted by Gasteiger charge is 2.13. The maximum absolute atomic E-state index is 12.7. The predicted molar refractivity (Wildman–Crippen MR) is 83.7 cm³/mol. The van der Waals surface area contributed by atoms with Crippen LogP contribution in [0.2, 0.25) is 0 Å². The third kappa shape index (κ3) is 1.88. The summed E-state index contributed by atoms with van der Waals surface area (Å²) in [4.78, 5) is 17.7. The molecule has 2 aromatic heterocycles. The van der Waals surface area contributed by atoms with Gasteiger partial charge in [0.2, 0.25) is 0 Å². The molecule has 0 saturated carbocycles. The molecule has 0 aliphatic rings. The molecule has 4 nitrogen and oxygen atoms in total. The van der Waals surface area contributed by atoms with Crippen molar-refractivity contribution in [3.8, 4) is 11.4 Å². The Balaban J connectivity index is 2.42. The van der Waals surface area contributed by atoms with E-state index < -0.39 is 0 Å². The number of phenolic OH excluding ortho intramolecular Hbond substituents is 1. The van der Waals surface area contributed by atoms with Crippen molar-refractivity contribution in [3.05, 3.63) is 49.8 Å². The maximum atomic E-state index is 12.7. The van der Waals surface area contributed by atoms with Crippen LogP contribution in [-0.2, 0) is 0 Å². The molecule has 2 N–H and O–H groups in total. The van der Waals surface area contributed by atoms with Crippen LogP contribution in [0.15, 0.2) is 29.1 Å². The molecule has 0 aliphatic carbocycles. The largest absolute Gasteiger partial charge is 0.508 e. The molecule has 3 aromatic rings. The molecule has 6 heteroatoms. The van der Waals surface area contributed by atoms with Crippen molar-refractivity contribution in [2.45, 2.75) is 13.8 Å². The van der Waals surface area contributed by atoms with Gasteiger partial charge in [0.1, 0.15) is 10.6 Å². The number of rotatable bonds is 1. The molecule has 0 bridgehead atoms. The minimum absolute atomic E-state index is 0.128. The van der Waals surface area contributed by atoms with Crippen molar-refractivity contribution in [1.29, 1.82) is 0 Å². The fraction of sp³-hybridized carbons (Fsp3) is 0.143. The number of aromatic nitrogens is 2. The Morgan fingerprint density at radius 3 is 2.55 bits per heavy atom. The number of aromatic hydroxyl groups is 1. The van der Waals surface area contributed by atoms with E-state index in [1.165, 1.54) is 28.0 Å². The normalized spacial score (nSPS) is 11.1. The first kappa shape index (κ1) is 13.1. The topological polar surface area (TPSA) is 58.0 Å². The minimum Gasteiger partial charge on any atom is -0.508 e. The minimum atomic E-state index is -0.128. The number of nitrogens with one attached hydrogen (secondary N) is 1. The van der Waals surface area contributed by atoms with Crippen molar-refractivity contribution in [2.24, 2.45) is 0 Å². The van der Waals surface area contributed by atoms with E-state index in [2.05, 4.69) is 4.98 Å². The second kappa shape index (κ2) is 4.57. The van der Waals surface area contributed by atoms with E-state index in [4.69, 9.17) is 12.2 Å². The van der Waals surface area contributed by atoms with Crippen molar-refractivity contribution in [1.82, 2.24) is 9.55 Å². The first-order valence-corrected chi connectivity index (χ1v) is 7.26. The molecule has 1 aromatic carbocycles. The number of aromatic amines is 1. The highest BCUT2D eigenvalue weighted by Crippen LogP contribution is 2.26. The Morgan fingerprint density at radius 1 is 1.25 bits per heavy atom. The van der Waals surface area contributed by atoms with Gasteiger partial charge in [0, 0.05) is 4.88 Å². The Morgan fingerprint density at radius 2 is 1.90 bits per heavy atom. The summed E-state index contributed by atoms with van der Waals surface area (Å²) >= 11 is 6.82. The number of hydrogen-bond donors (Lipinski definition) is 2. The van der Waals surface area contributed by atoms with Crippen molar-refractivity contribution >= 4 is 33.8 Å². The van der Waals surface area contributed by atoms with E-state index in [0.29, 0.717) is 15.8 Å². The summed E-state index contributed by atoms with van der Waals surface area (Å²) < 4.78 is 1.81. The fourth-order valence-electron chi connectivity index (χ4n) is 2.17.